The number of carbonyl (C=O) groups excluding carboxylic acids is 2. The summed E-state index contributed by atoms with van der Waals surface area (Å²) in [4.78, 5) is 23.6. The minimum absolute atomic E-state index is 0.274. The molecule has 1 aromatic rings. The van der Waals surface area contributed by atoms with Crippen molar-refractivity contribution in [2.45, 2.75) is 26.1 Å². The van der Waals surface area contributed by atoms with Gasteiger partial charge in [0.25, 0.3) is 5.79 Å². The van der Waals surface area contributed by atoms with Crippen molar-refractivity contribution in [3.05, 3.63) is 19.2 Å². The molecule has 1 aliphatic heterocycles. The van der Waals surface area contributed by atoms with Crippen molar-refractivity contribution in [1.29, 1.82) is 0 Å². The average molecular weight is 398 g/mol. The molecule has 0 radical (unpaired) electrons. The monoisotopic (exact) mass is 396 g/mol. The Labute approximate surface area is 125 Å². The summed E-state index contributed by atoms with van der Waals surface area (Å²) in [7, 11) is 0. The summed E-state index contributed by atoms with van der Waals surface area (Å²) in [6.07, 6.45) is 0.274. The van der Waals surface area contributed by atoms with Crippen LogP contribution in [-0.4, -0.2) is 17.7 Å². The van der Waals surface area contributed by atoms with Gasteiger partial charge in [0.2, 0.25) is 0 Å². The molecule has 2 heterocycles. The van der Waals surface area contributed by atoms with Crippen molar-refractivity contribution in [2.75, 3.05) is 0 Å². The first kappa shape index (κ1) is 14.0. The zero-order chi connectivity index (χ0) is 13.5. The van der Waals surface area contributed by atoms with Crippen LogP contribution < -0.4 is 0 Å². The maximum atomic E-state index is 11.8. The normalized spacial score (nSPS) is 19.6. The summed E-state index contributed by atoms with van der Waals surface area (Å²) in [5.41, 5.74) is 0.880. The molecule has 1 fully saturated rings. The maximum absolute atomic E-state index is 11.8. The molecular formula is C11H10Br2O4S. The van der Waals surface area contributed by atoms with Gasteiger partial charge in [0.15, 0.2) is 5.92 Å². The molecule has 7 heteroatoms. The fraction of sp³-hybridized carbons (Fsp3) is 0.455. The lowest BCUT2D eigenvalue weighted by Crippen LogP contribution is -2.46. The Morgan fingerprint density at radius 3 is 2.28 bits per heavy atom. The van der Waals surface area contributed by atoms with E-state index in [-0.39, 0.29) is 6.42 Å². The van der Waals surface area contributed by atoms with Crippen LogP contribution in [0.15, 0.2) is 13.6 Å². The van der Waals surface area contributed by atoms with E-state index in [2.05, 4.69) is 31.9 Å². The molecule has 0 saturated carbocycles. The molecule has 4 nitrogen and oxygen atoms in total. The van der Waals surface area contributed by atoms with E-state index in [0.29, 0.717) is 0 Å². The van der Waals surface area contributed by atoms with E-state index in [4.69, 9.17) is 9.47 Å². The summed E-state index contributed by atoms with van der Waals surface area (Å²) in [5, 5.41) is 0. The number of hydrogen-bond donors (Lipinski definition) is 0. The standard InChI is InChI=1S/C11H10Br2O4S/c1-11(2)16-9(14)6(10(15)17-11)3-5-4-7(12)18-8(5)13/h4,6H,3H2,1-2H3. The Hall–Kier alpha value is -0.400. The first-order valence-electron chi connectivity index (χ1n) is 5.18. The van der Waals surface area contributed by atoms with Gasteiger partial charge in [-0.2, -0.15) is 0 Å². The summed E-state index contributed by atoms with van der Waals surface area (Å²) in [6.45, 7) is 3.08. The first-order valence-corrected chi connectivity index (χ1v) is 7.58. The third-order valence-corrected chi connectivity index (χ3v) is 4.88. The van der Waals surface area contributed by atoms with Crippen molar-refractivity contribution >= 4 is 55.1 Å². The minimum Gasteiger partial charge on any atom is -0.422 e. The first-order chi connectivity index (χ1) is 8.28. The number of thiophene rings is 1. The van der Waals surface area contributed by atoms with Gasteiger partial charge < -0.3 is 9.47 Å². The van der Waals surface area contributed by atoms with E-state index < -0.39 is 23.6 Å². The van der Waals surface area contributed by atoms with E-state index in [1.807, 2.05) is 6.07 Å². The third kappa shape index (κ3) is 2.95. The molecule has 0 bridgehead atoms. The van der Waals surface area contributed by atoms with Crippen LogP contribution in [0.4, 0.5) is 0 Å². The van der Waals surface area contributed by atoms with E-state index in [1.165, 1.54) is 25.2 Å². The van der Waals surface area contributed by atoms with Crippen molar-refractivity contribution in [3.63, 3.8) is 0 Å². The average Bonchev–Trinajstić information content (AvgIpc) is 2.49. The number of hydrogen-bond acceptors (Lipinski definition) is 5. The van der Waals surface area contributed by atoms with Crippen LogP contribution in [0.3, 0.4) is 0 Å². The van der Waals surface area contributed by atoms with E-state index in [9.17, 15) is 9.59 Å². The molecule has 0 atom stereocenters. The molecule has 0 spiro atoms. The van der Waals surface area contributed by atoms with Crippen LogP contribution >= 0.6 is 43.2 Å². The number of carbonyl (C=O) groups is 2. The molecule has 0 unspecified atom stereocenters. The Morgan fingerprint density at radius 2 is 1.83 bits per heavy atom. The van der Waals surface area contributed by atoms with Gasteiger partial charge in [-0.1, -0.05) is 0 Å². The maximum Gasteiger partial charge on any atom is 0.323 e. The molecule has 1 saturated heterocycles. The summed E-state index contributed by atoms with van der Waals surface area (Å²) >= 11 is 8.23. The molecule has 0 aromatic carbocycles. The number of esters is 2. The van der Waals surface area contributed by atoms with Crippen molar-refractivity contribution < 1.29 is 19.1 Å². The van der Waals surface area contributed by atoms with Gasteiger partial charge in [0, 0.05) is 13.8 Å². The largest absolute Gasteiger partial charge is 0.422 e. The molecular weight excluding hydrogens is 388 g/mol. The molecule has 1 aliphatic rings. The predicted octanol–water partition coefficient (Wildman–Crippen LogP) is 3.27. The third-order valence-electron chi connectivity index (χ3n) is 2.41. The van der Waals surface area contributed by atoms with Gasteiger partial charge in [-0.15, -0.1) is 11.3 Å². The zero-order valence-electron chi connectivity index (χ0n) is 9.66. The molecule has 2 rings (SSSR count). The smallest absolute Gasteiger partial charge is 0.323 e. The summed E-state index contributed by atoms with van der Waals surface area (Å²) in [6, 6.07) is 1.87. The molecule has 0 N–H and O–H groups in total. The van der Waals surface area contributed by atoms with Crippen molar-refractivity contribution in [2.24, 2.45) is 5.92 Å². The Balaban J connectivity index is 2.17. The minimum atomic E-state index is -1.17. The second-order valence-electron chi connectivity index (χ2n) is 4.35. The lowest BCUT2D eigenvalue weighted by atomic mass is 10.0. The second kappa shape index (κ2) is 4.94. The van der Waals surface area contributed by atoms with Gasteiger partial charge in [0.1, 0.15) is 0 Å². The Kier molecular flexibility index (Phi) is 3.85. The topological polar surface area (TPSA) is 52.6 Å². The quantitative estimate of drug-likeness (QED) is 0.567. The van der Waals surface area contributed by atoms with Gasteiger partial charge in [-0.3, -0.25) is 9.59 Å². The highest BCUT2D eigenvalue weighted by atomic mass is 79.9. The Bertz CT molecular complexity index is 489. The number of cyclic esters (lactones) is 2. The zero-order valence-corrected chi connectivity index (χ0v) is 13.6. The molecule has 0 amide bonds. The highest BCUT2D eigenvalue weighted by molar-refractivity contribution is 9.12. The van der Waals surface area contributed by atoms with Crippen LogP contribution in [0, 0.1) is 5.92 Å². The molecule has 1 aromatic heterocycles. The van der Waals surface area contributed by atoms with Gasteiger partial charge in [-0.25, -0.2) is 0 Å². The predicted molar refractivity (Wildman–Crippen MR) is 73.2 cm³/mol. The highest BCUT2D eigenvalue weighted by Crippen LogP contribution is 2.35. The summed E-state index contributed by atoms with van der Waals surface area (Å²) < 4.78 is 12.0. The van der Waals surface area contributed by atoms with E-state index in [1.54, 1.807) is 0 Å². The van der Waals surface area contributed by atoms with Crippen LogP contribution in [0.2, 0.25) is 0 Å². The van der Waals surface area contributed by atoms with Crippen LogP contribution in [0.1, 0.15) is 19.4 Å². The summed E-state index contributed by atoms with van der Waals surface area (Å²) in [5.74, 6) is -3.14. The molecule has 18 heavy (non-hydrogen) atoms. The van der Waals surface area contributed by atoms with E-state index in [0.717, 1.165) is 13.1 Å². The SMILES string of the molecule is CC1(C)OC(=O)C(Cc2cc(Br)sc2Br)C(=O)O1. The van der Waals surface area contributed by atoms with Gasteiger partial charge in [0.05, 0.1) is 7.57 Å². The number of ether oxygens (including phenoxy) is 2. The molecule has 0 aliphatic carbocycles. The highest BCUT2D eigenvalue weighted by Gasteiger charge is 2.43. The van der Waals surface area contributed by atoms with Gasteiger partial charge in [-0.05, 0) is 49.9 Å². The van der Waals surface area contributed by atoms with E-state index >= 15 is 0 Å². The lowest BCUT2D eigenvalue weighted by molar-refractivity contribution is -0.239. The van der Waals surface area contributed by atoms with Gasteiger partial charge >= 0.3 is 11.9 Å². The Morgan fingerprint density at radius 1 is 1.28 bits per heavy atom. The lowest BCUT2D eigenvalue weighted by Gasteiger charge is -2.32. The second-order valence-corrected chi connectivity index (χ2v) is 8.10. The van der Waals surface area contributed by atoms with Crippen LogP contribution in [-0.2, 0) is 25.5 Å². The number of halogens is 2. The van der Waals surface area contributed by atoms with Crippen molar-refractivity contribution in [1.82, 2.24) is 0 Å². The number of rotatable bonds is 2. The van der Waals surface area contributed by atoms with Crippen LogP contribution in [0.25, 0.3) is 0 Å². The van der Waals surface area contributed by atoms with Crippen LogP contribution in [0.5, 0.6) is 0 Å². The fourth-order valence-corrected chi connectivity index (χ4v) is 4.50. The van der Waals surface area contributed by atoms with Crippen molar-refractivity contribution in [3.8, 4) is 0 Å². The molecule has 98 valence electrons. The fourth-order valence-electron chi connectivity index (χ4n) is 1.64.